The Kier molecular flexibility index (Phi) is 5.93. The van der Waals surface area contributed by atoms with Gasteiger partial charge < -0.3 is 14.0 Å². The van der Waals surface area contributed by atoms with Gasteiger partial charge >= 0.3 is 5.97 Å². The average molecular weight is 446 g/mol. The van der Waals surface area contributed by atoms with Crippen LogP contribution in [0.15, 0.2) is 41.3 Å². The maximum atomic E-state index is 13.0. The molecule has 31 heavy (non-hydrogen) atoms. The van der Waals surface area contributed by atoms with E-state index in [1.807, 2.05) is 6.07 Å². The maximum Gasteiger partial charge on any atom is 0.338 e. The molecular weight excluding hydrogens is 424 g/mol. The van der Waals surface area contributed by atoms with Crippen LogP contribution in [0.25, 0.3) is 0 Å². The van der Waals surface area contributed by atoms with Crippen molar-refractivity contribution in [1.29, 1.82) is 5.26 Å². The molecule has 1 aliphatic heterocycles. The van der Waals surface area contributed by atoms with Crippen molar-refractivity contribution in [3.05, 3.63) is 63.6 Å². The van der Waals surface area contributed by atoms with Crippen LogP contribution in [0.4, 0.5) is 0 Å². The Hall–Kier alpha value is -3.16. The smallest absolute Gasteiger partial charge is 0.338 e. The molecule has 1 aromatic heterocycles. The van der Waals surface area contributed by atoms with Crippen molar-refractivity contribution in [1.82, 2.24) is 4.57 Å². The standard InChI is InChI=1S/C21H22N2O7S/c1-5-28-20(25)14-8-9-23(17(24)11-14)18-15-10-13(12-22)6-7-16(15)29-21(2,3)19(18)30-31(4,26)27/h6-11,18-19H,5H2,1-4H3. The molecule has 0 bridgehead atoms. The monoisotopic (exact) mass is 446 g/mol. The fourth-order valence-corrected chi connectivity index (χ4v) is 4.25. The highest BCUT2D eigenvalue weighted by atomic mass is 32.2. The van der Waals surface area contributed by atoms with Crippen LogP contribution in [0.3, 0.4) is 0 Å². The number of carbonyl (C=O) groups excluding carboxylic acids is 1. The predicted octanol–water partition coefficient (Wildman–Crippen LogP) is 2.00. The van der Waals surface area contributed by atoms with Crippen molar-refractivity contribution in [2.75, 3.05) is 12.9 Å². The summed E-state index contributed by atoms with van der Waals surface area (Å²) in [6, 6.07) is 8.30. The zero-order valence-electron chi connectivity index (χ0n) is 17.5. The number of fused-ring (bicyclic) bond motifs is 1. The molecule has 2 unspecified atom stereocenters. The minimum absolute atomic E-state index is 0.0704. The molecule has 2 atom stereocenters. The Morgan fingerprint density at radius 3 is 2.58 bits per heavy atom. The highest BCUT2D eigenvalue weighted by Crippen LogP contribution is 2.43. The van der Waals surface area contributed by atoms with Gasteiger partial charge in [0, 0.05) is 17.8 Å². The molecule has 0 fully saturated rings. The van der Waals surface area contributed by atoms with Gasteiger partial charge in [-0.1, -0.05) is 0 Å². The second-order valence-electron chi connectivity index (χ2n) is 7.62. The Bertz CT molecular complexity index is 1230. The molecule has 164 valence electrons. The molecule has 1 aromatic carbocycles. The van der Waals surface area contributed by atoms with E-state index in [-0.39, 0.29) is 12.2 Å². The molecule has 1 aliphatic rings. The summed E-state index contributed by atoms with van der Waals surface area (Å²) in [5, 5.41) is 9.32. The topological polar surface area (TPSA) is 125 Å². The van der Waals surface area contributed by atoms with Crippen LogP contribution in [0.5, 0.6) is 5.75 Å². The fraction of sp³-hybridized carbons (Fsp3) is 0.381. The lowest BCUT2D eigenvalue weighted by Gasteiger charge is -2.44. The molecule has 2 heterocycles. The van der Waals surface area contributed by atoms with Crippen molar-refractivity contribution in [2.24, 2.45) is 0 Å². The molecule has 0 radical (unpaired) electrons. The van der Waals surface area contributed by atoms with Crippen LogP contribution in [-0.2, 0) is 19.0 Å². The first-order chi connectivity index (χ1) is 14.5. The fourth-order valence-electron chi connectivity index (χ4n) is 3.54. The molecule has 0 aliphatic carbocycles. The lowest BCUT2D eigenvalue weighted by molar-refractivity contribution is -0.0463. The lowest BCUT2D eigenvalue weighted by Crippen LogP contribution is -2.54. The molecule has 0 spiro atoms. The van der Waals surface area contributed by atoms with Gasteiger partial charge in [0.15, 0.2) is 0 Å². The first-order valence-corrected chi connectivity index (χ1v) is 11.3. The van der Waals surface area contributed by atoms with E-state index in [0.717, 1.165) is 12.3 Å². The number of aromatic nitrogens is 1. The first kappa shape index (κ1) is 22.5. The van der Waals surface area contributed by atoms with E-state index in [4.69, 9.17) is 13.7 Å². The van der Waals surface area contributed by atoms with Crippen LogP contribution in [0.2, 0.25) is 0 Å². The van der Waals surface area contributed by atoms with Crippen molar-refractivity contribution < 1.29 is 26.9 Å². The van der Waals surface area contributed by atoms with Gasteiger partial charge in [0.1, 0.15) is 17.5 Å². The van der Waals surface area contributed by atoms with Crippen molar-refractivity contribution in [3.8, 4) is 11.8 Å². The molecule has 3 rings (SSSR count). The molecule has 10 heteroatoms. The number of hydrogen-bond donors (Lipinski definition) is 0. The second-order valence-corrected chi connectivity index (χ2v) is 9.22. The molecule has 9 nitrogen and oxygen atoms in total. The van der Waals surface area contributed by atoms with Gasteiger partial charge in [-0.15, -0.1) is 0 Å². The van der Waals surface area contributed by atoms with Gasteiger partial charge in [-0.05, 0) is 45.0 Å². The number of ether oxygens (including phenoxy) is 2. The van der Waals surface area contributed by atoms with E-state index in [1.165, 1.54) is 22.9 Å². The predicted molar refractivity (Wildman–Crippen MR) is 110 cm³/mol. The molecule has 0 saturated heterocycles. The van der Waals surface area contributed by atoms with Crippen LogP contribution in [0, 0.1) is 11.3 Å². The number of pyridine rings is 1. The second kappa shape index (κ2) is 8.17. The van der Waals surface area contributed by atoms with E-state index in [9.17, 15) is 23.3 Å². The maximum absolute atomic E-state index is 13.0. The summed E-state index contributed by atoms with van der Waals surface area (Å²) in [4.78, 5) is 25.0. The first-order valence-electron chi connectivity index (χ1n) is 9.47. The summed E-state index contributed by atoms with van der Waals surface area (Å²) < 4.78 is 41.6. The third-order valence-electron chi connectivity index (χ3n) is 4.84. The number of nitriles is 1. The third-order valence-corrected chi connectivity index (χ3v) is 5.40. The quantitative estimate of drug-likeness (QED) is 0.504. The van der Waals surface area contributed by atoms with Gasteiger partial charge in [0.05, 0.1) is 36.1 Å². The summed E-state index contributed by atoms with van der Waals surface area (Å²) in [6.45, 7) is 5.11. The summed E-state index contributed by atoms with van der Waals surface area (Å²) >= 11 is 0. The summed E-state index contributed by atoms with van der Waals surface area (Å²) in [6.07, 6.45) is 1.16. The van der Waals surface area contributed by atoms with E-state index >= 15 is 0 Å². The number of esters is 1. The highest BCUT2D eigenvalue weighted by Gasteiger charge is 2.48. The van der Waals surface area contributed by atoms with Crippen LogP contribution < -0.4 is 10.3 Å². The normalized spacial score (nSPS) is 19.6. The van der Waals surface area contributed by atoms with E-state index in [2.05, 4.69) is 0 Å². The van der Waals surface area contributed by atoms with E-state index < -0.39 is 39.4 Å². The zero-order valence-corrected chi connectivity index (χ0v) is 18.3. The summed E-state index contributed by atoms with van der Waals surface area (Å²) in [7, 11) is -3.93. The Labute approximate surface area is 179 Å². The van der Waals surface area contributed by atoms with Gasteiger partial charge in [-0.3, -0.25) is 8.98 Å². The Morgan fingerprint density at radius 1 is 1.29 bits per heavy atom. The zero-order chi connectivity index (χ0) is 23.0. The van der Waals surface area contributed by atoms with Gasteiger partial charge in [0.25, 0.3) is 15.7 Å². The van der Waals surface area contributed by atoms with Gasteiger partial charge in [-0.2, -0.15) is 13.7 Å². The number of carbonyl (C=O) groups is 1. The van der Waals surface area contributed by atoms with E-state index in [0.29, 0.717) is 16.9 Å². The minimum atomic E-state index is -3.93. The molecule has 2 aromatic rings. The third kappa shape index (κ3) is 4.62. The van der Waals surface area contributed by atoms with Crippen molar-refractivity contribution in [2.45, 2.75) is 38.5 Å². The summed E-state index contributed by atoms with van der Waals surface area (Å²) in [5.41, 5.74) is -0.919. The minimum Gasteiger partial charge on any atom is -0.485 e. The van der Waals surface area contributed by atoms with Crippen molar-refractivity contribution in [3.63, 3.8) is 0 Å². The lowest BCUT2D eigenvalue weighted by atomic mass is 9.85. The SMILES string of the molecule is CCOC(=O)c1ccn(C2c3cc(C#N)ccc3OC(C)(C)C2OS(C)(=O)=O)c(=O)c1. The van der Waals surface area contributed by atoms with Crippen LogP contribution in [-0.4, -0.2) is 43.5 Å². The van der Waals surface area contributed by atoms with E-state index in [1.54, 1.807) is 32.9 Å². The molecule has 0 saturated carbocycles. The Morgan fingerprint density at radius 2 is 2.00 bits per heavy atom. The molecular formula is C21H22N2O7S. The molecule has 0 amide bonds. The average Bonchev–Trinajstić information content (AvgIpc) is 2.67. The number of benzene rings is 1. The van der Waals surface area contributed by atoms with Gasteiger partial charge in [0.2, 0.25) is 0 Å². The van der Waals surface area contributed by atoms with Crippen molar-refractivity contribution >= 4 is 16.1 Å². The largest absolute Gasteiger partial charge is 0.485 e. The number of rotatable bonds is 5. The highest BCUT2D eigenvalue weighted by molar-refractivity contribution is 7.86. The number of hydrogen-bond acceptors (Lipinski definition) is 8. The van der Waals surface area contributed by atoms with Crippen LogP contribution >= 0.6 is 0 Å². The molecule has 0 N–H and O–H groups in total. The Balaban J connectivity index is 2.23. The van der Waals surface area contributed by atoms with Gasteiger partial charge in [-0.25, -0.2) is 4.79 Å². The van der Waals surface area contributed by atoms with Crippen LogP contribution in [0.1, 0.15) is 48.3 Å². The number of nitrogens with zero attached hydrogens (tertiary/aromatic N) is 2. The summed E-state index contributed by atoms with van der Waals surface area (Å²) in [5.74, 6) is -0.251.